The van der Waals surface area contributed by atoms with E-state index in [1.807, 2.05) is 11.8 Å². The molecule has 7 nitrogen and oxygen atoms in total. The van der Waals surface area contributed by atoms with Crippen LogP contribution < -0.4 is 10.6 Å². The van der Waals surface area contributed by atoms with E-state index in [1.54, 1.807) is 0 Å². The van der Waals surface area contributed by atoms with Crippen LogP contribution in [0.2, 0.25) is 0 Å². The first-order valence-electron chi connectivity index (χ1n) is 9.33. The summed E-state index contributed by atoms with van der Waals surface area (Å²) in [6.07, 6.45) is -0.0578. The van der Waals surface area contributed by atoms with Crippen molar-refractivity contribution in [2.45, 2.75) is 45.2 Å². The SMILES string of the molecule is CCNC(=NCC(=O)N(C)CC(F)(F)F)NCCCN1CCCCCC1=O.I. The fraction of sp³-hybridized carbons (Fsp3) is 0.824. The minimum Gasteiger partial charge on any atom is -0.357 e. The average Bonchev–Trinajstić information content (AvgIpc) is 2.79. The Kier molecular flexibility index (Phi) is 13.2. The number of alkyl halides is 3. The van der Waals surface area contributed by atoms with Crippen LogP contribution in [0.3, 0.4) is 0 Å². The molecule has 1 heterocycles. The third-order valence-electron chi connectivity index (χ3n) is 4.13. The first kappa shape index (κ1) is 26.7. The van der Waals surface area contributed by atoms with Crippen LogP contribution in [-0.4, -0.2) is 80.1 Å². The first-order chi connectivity index (χ1) is 12.7. The van der Waals surface area contributed by atoms with Crippen LogP contribution in [0.15, 0.2) is 4.99 Å². The summed E-state index contributed by atoms with van der Waals surface area (Å²) in [5.41, 5.74) is 0. The van der Waals surface area contributed by atoms with Gasteiger partial charge in [-0.2, -0.15) is 13.2 Å². The molecule has 11 heteroatoms. The summed E-state index contributed by atoms with van der Waals surface area (Å²) in [7, 11) is 1.10. The van der Waals surface area contributed by atoms with E-state index in [9.17, 15) is 22.8 Å². The van der Waals surface area contributed by atoms with E-state index in [0.29, 0.717) is 36.9 Å². The lowest BCUT2D eigenvalue weighted by molar-refractivity contribution is -0.157. The third-order valence-corrected chi connectivity index (χ3v) is 4.13. The number of guanidine groups is 1. The molecule has 28 heavy (non-hydrogen) atoms. The quantitative estimate of drug-likeness (QED) is 0.222. The largest absolute Gasteiger partial charge is 0.406 e. The molecule has 2 amide bonds. The Morgan fingerprint density at radius 3 is 2.61 bits per heavy atom. The highest BCUT2D eigenvalue weighted by atomic mass is 127. The summed E-state index contributed by atoms with van der Waals surface area (Å²) in [5.74, 6) is -0.153. The van der Waals surface area contributed by atoms with Gasteiger partial charge in [0.25, 0.3) is 0 Å². The van der Waals surface area contributed by atoms with E-state index in [1.165, 1.54) is 0 Å². The number of amides is 2. The molecule has 0 radical (unpaired) electrons. The Morgan fingerprint density at radius 1 is 1.25 bits per heavy atom. The van der Waals surface area contributed by atoms with Gasteiger partial charge in [0.1, 0.15) is 13.1 Å². The third kappa shape index (κ3) is 11.5. The summed E-state index contributed by atoms with van der Waals surface area (Å²) < 4.78 is 36.9. The van der Waals surface area contributed by atoms with Crippen molar-refractivity contribution in [2.24, 2.45) is 4.99 Å². The topological polar surface area (TPSA) is 77.0 Å². The van der Waals surface area contributed by atoms with E-state index < -0.39 is 18.6 Å². The number of carbonyl (C=O) groups is 2. The van der Waals surface area contributed by atoms with E-state index in [4.69, 9.17) is 0 Å². The average molecular weight is 521 g/mol. The van der Waals surface area contributed by atoms with Gasteiger partial charge in [0.05, 0.1) is 0 Å². The number of rotatable bonds is 8. The van der Waals surface area contributed by atoms with Crippen molar-refractivity contribution in [3.8, 4) is 0 Å². The molecule has 1 rings (SSSR count). The van der Waals surface area contributed by atoms with E-state index in [0.717, 1.165) is 39.3 Å². The highest BCUT2D eigenvalue weighted by molar-refractivity contribution is 14.0. The smallest absolute Gasteiger partial charge is 0.357 e. The lowest BCUT2D eigenvalue weighted by Crippen LogP contribution is -2.41. The predicted octanol–water partition coefficient (Wildman–Crippen LogP) is 1.97. The molecule has 0 aromatic heterocycles. The van der Waals surface area contributed by atoms with Crippen LogP contribution in [0.5, 0.6) is 0 Å². The highest BCUT2D eigenvalue weighted by Gasteiger charge is 2.31. The van der Waals surface area contributed by atoms with Crippen molar-refractivity contribution in [1.29, 1.82) is 0 Å². The summed E-state index contributed by atoms with van der Waals surface area (Å²) >= 11 is 0. The first-order valence-corrected chi connectivity index (χ1v) is 9.33. The Hall–Kier alpha value is -1.27. The van der Waals surface area contributed by atoms with Crippen molar-refractivity contribution >= 4 is 41.8 Å². The molecule has 1 fully saturated rings. The van der Waals surface area contributed by atoms with Crippen LogP contribution in [0, 0.1) is 0 Å². The van der Waals surface area contributed by atoms with E-state index in [2.05, 4.69) is 15.6 Å². The number of nitrogens with one attached hydrogen (secondary N) is 2. The molecule has 0 unspecified atom stereocenters. The number of halogens is 4. The van der Waals surface area contributed by atoms with Gasteiger partial charge in [0.15, 0.2) is 5.96 Å². The van der Waals surface area contributed by atoms with Gasteiger partial charge in [0.2, 0.25) is 11.8 Å². The molecule has 0 saturated carbocycles. The summed E-state index contributed by atoms with van der Waals surface area (Å²) in [5, 5.41) is 5.99. The Balaban J connectivity index is 0.00000729. The number of likely N-dealkylation sites (tertiary alicyclic amines) is 1. The van der Waals surface area contributed by atoms with Crippen LogP contribution in [-0.2, 0) is 9.59 Å². The summed E-state index contributed by atoms with van der Waals surface area (Å²) in [6, 6.07) is 0. The number of aliphatic imine (C=N–C) groups is 1. The molecule has 1 saturated heterocycles. The number of likely N-dealkylation sites (N-methyl/N-ethyl adjacent to an activating group) is 1. The van der Waals surface area contributed by atoms with Gasteiger partial charge in [-0.05, 0) is 26.2 Å². The maximum absolute atomic E-state index is 12.3. The number of hydrogen-bond acceptors (Lipinski definition) is 3. The summed E-state index contributed by atoms with van der Waals surface area (Å²) in [4.78, 5) is 30.2. The van der Waals surface area contributed by atoms with Crippen molar-refractivity contribution in [1.82, 2.24) is 20.4 Å². The second-order valence-electron chi connectivity index (χ2n) is 6.53. The normalized spacial score (nSPS) is 15.5. The second-order valence-corrected chi connectivity index (χ2v) is 6.53. The van der Waals surface area contributed by atoms with Gasteiger partial charge in [-0.25, -0.2) is 4.99 Å². The summed E-state index contributed by atoms with van der Waals surface area (Å²) in [6.45, 7) is 2.73. The van der Waals surface area contributed by atoms with Crippen LogP contribution in [0.25, 0.3) is 0 Å². The molecule has 0 aliphatic carbocycles. The van der Waals surface area contributed by atoms with Gasteiger partial charge >= 0.3 is 6.18 Å². The molecule has 0 aromatic rings. The zero-order valence-corrected chi connectivity index (χ0v) is 18.8. The number of carbonyl (C=O) groups excluding carboxylic acids is 2. The van der Waals surface area contributed by atoms with Crippen LogP contribution in [0.4, 0.5) is 13.2 Å². The monoisotopic (exact) mass is 521 g/mol. The van der Waals surface area contributed by atoms with Gasteiger partial charge in [-0.15, -0.1) is 24.0 Å². The van der Waals surface area contributed by atoms with Crippen molar-refractivity contribution in [3.05, 3.63) is 0 Å². The van der Waals surface area contributed by atoms with Gasteiger partial charge in [-0.1, -0.05) is 6.42 Å². The minimum absolute atomic E-state index is 0. The maximum atomic E-state index is 12.3. The highest BCUT2D eigenvalue weighted by Crippen LogP contribution is 2.15. The molecule has 0 spiro atoms. The predicted molar refractivity (Wildman–Crippen MR) is 113 cm³/mol. The Bertz CT molecular complexity index is 518. The molecule has 1 aliphatic rings. The van der Waals surface area contributed by atoms with Crippen LogP contribution in [0.1, 0.15) is 39.0 Å². The van der Waals surface area contributed by atoms with E-state index in [-0.39, 0.29) is 36.4 Å². The fourth-order valence-electron chi connectivity index (χ4n) is 2.72. The molecular weight excluding hydrogens is 490 g/mol. The Labute approximate surface area is 181 Å². The van der Waals surface area contributed by atoms with Gasteiger partial charge in [0, 0.05) is 39.6 Å². The van der Waals surface area contributed by atoms with Crippen molar-refractivity contribution < 1.29 is 22.8 Å². The van der Waals surface area contributed by atoms with Crippen molar-refractivity contribution in [2.75, 3.05) is 46.3 Å². The lowest BCUT2D eigenvalue weighted by atomic mass is 10.2. The standard InChI is InChI=1S/C17H30F3N5O2.HI/c1-3-21-16(23-12-15(27)24(2)13-17(18,19)20)22-9-7-11-25-10-6-4-5-8-14(25)26;/h3-13H2,1-2H3,(H2,21,22,23);1H. The van der Waals surface area contributed by atoms with Crippen molar-refractivity contribution in [3.63, 3.8) is 0 Å². The number of hydrogen-bond donors (Lipinski definition) is 2. The lowest BCUT2D eigenvalue weighted by Gasteiger charge is -2.21. The molecule has 1 aliphatic heterocycles. The number of nitrogens with zero attached hydrogens (tertiary/aromatic N) is 3. The van der Waals surface area contributed by atoms with Crippen LogP contribution >= 0.6 is 24.0 Å². The molecule has 164 valence electrons. The van der Waals surface area contributed by atoms with Gasteiger partial charge < -0.3 is 20.4 Å². The minimum atomic E-state index is -4.43. The Morgan fingerprint density at radius 2 is 1.96 bits per heavy atom. The maximum Gasteiger partial charge on any atom is 0.406 e. The zero-order valence-electron chi connectivity index (χ0n) is 16.5. The molecule has 0 bridgehead atoms. The van der Waals surface area contributed by atoms with E-state index >= 15 is 0 Å². The fourth-order valence-corrected chi connectivity index (χ4v) is 2.72. The van der Waals surface area contributed by atoms with Gasteiger partial charge in [-0.3, -0.25) is 9.59 Å². The molecular formula is C17H31F3IN5O2. The zero-order chi connectivity index (χ0) is 20.3. The second kappa shape index (κ2) is 13.8. The molecule has 0 aromatic carbocycles. The molecule has 2 N–H and O–H groups in total. The molecule has 0 atom stereocenters.